The summed E-state index contributed by atoms with van der Waals surface area (Å²) in [5.41, 5.74) is 10.9. The molecule has 0 saturated carbocycles. The van der Waals surface area contributed by atoms with Gasteiger partial charge in [-0.2, -0.15) is 0 Å². The largest absolute Gasteiger partial charge is 0.456 e. The lowest BCUT2D eigenvalue weighted by Gasteiger charge is -2.26. The van der Waals surface area contributed by atoms with Gasteiger partial charge in [0.1, 0.15) is 11.2 Å². The molecule has 0 aliphatic rings. The third-order valence-corrected chi connectivity index (χ3v) is 8.76. The maximum atomic E-state index is 6.30. The molecular weight excluding hydrogens is 548 g/mol. The van der Waals surface area contributed by atoms with E-state index in [1.165, 1.54) is 27.4 Å². The van der Waals surface area contributed by atoms with Gasteiger partial charge >= 0.3 is 0 Å². The summed E-state index contributed by atoms with van der Waals surface area (Å²) in [5, 5.41) is 4.71. The molecule has 7 aromatic carbocycles. The molecule has 3 nitrogen and oxygen atoms in total. The van der Waals surface area contributed by atoms with Gasteiger partial charge in [-0.3, -0.25) is 0 Å². The van der Waals surface area contributed by atoms with Crippen molar-refractivity contribution in [2.24, 2.45) is 0 Å². The van der Waals surface area contributed by atoms with E-state index in [9.17, 15) is 0 Å². The zero-order valence-electron chi connectivity index (χ0n) is 24.5. The number of benzene rings is 7. The lowest BCUT2D eigenvalue weighted by atomic mass is 10.0. The monoisotopic (exact) mass is 576 g/mol. The van der Waals surface area contributed by atoms with Gasteiger partial charge in [0.15, 0.2) is 0 Å². The fourth-order valence-electron chi connectivity index (χ4n) is 6.78. The van der Waals surface area contributed by atoms with Crippen molar-refractivity contribution in [1.82, 2.24) is 4.57 Å². The summed E-state index contributed by atoms with van der Waals surface area (Å²) in [7, 11) is 0. The Morgan fingerprint density at radius 2 is 1.00 bits per heavy atom. The molecule has 0 spiro atoms. The molecule has 0 atom stereocenters. The maximum Gasteiger partial charge on any atom is 0.137 e. The Kier molecular flexibility index (Phi) is 5.82. The van der Waals surface area contributed by atoms with Crippen LogP contribution in [0.1, 0.15) is 0 Å². The molecule has 0 amide bonds. The second-order valence-electron chi connectivity index (χ2n) is 11.4. The maximum absolute atomic E-state index is 6.30. The minimum Gasteiger partial charge on any atom is -0.456 e. The van der Waals surface area contributed by atoms with Crippen LogP contribution < -0.4 is 4.90 Å². The summed E-state index contributed by atoms with van der Waals surface area (Å²) in [6.45, 7) is 0. The molecule has 0 saturated heterocycles. The highest BCUT2D eigenvalue weighted by Gasteiger charge is 2.18. The number of nitrogens with zero attached hydrogens (tertiary/aromatic N) is 2. The molecule has 212 valence electrons. The van der Waals surface area contributed by atoms with Gasteiger partial charge in [-0.15, -0.1) is 0 Å². The van der Waals surface area contributed by atoms with E-state index in [0.717, 1.165) is 50.3 Å². The molecule has 0 unspecified atom stereocenters. The number of furan rings is 1. The smallest absolute Gasteiger partial charge is 0.137 e. The van der Waals surface area contributed by atoms with Gasteiger partial charge in [0, 0.05) is 33.2 Å². The summed E-state index contributed by atoms with van der Waals surface area (Å²) >= 11 is 0. The van der Waals surface area contributed by atoms with Crippen molar-refractivity contribution in [1.29, 1.82) is 0 Å². The van der Waals surface area contributed by atoms with Crippen LogP contribution in [0, 0.1) is 0 Å². The number of para-hydroxylation sites is 4. The first-order chi connectivity index (χ1) is 22.3. The lowest BCUT2D eigenvalue weighted by molar-refractivity contribution is 0.669. The second kappa shape index (κ2) is 10.3. The third kappa shape index (κ3) is 4.13. The number of hydrogen-bond acceptors (Lipinski definition) is 2. The quantitative estimate of drug-likeness (QED) is 0.203. The SMILES string of the molecule is c1ccc(N(c2ccccc2)c2cccc(-c3ccc4c5ccccc5n(-c5cccc6oc7ccccc7c56)c4c3)c2)cc1. The van der Waals surface area contributed by atoms with Gasteiger partial charge < -0.3 is 13.9 Å². The van der Waals surface area contributed by atoms with Crippen LogP contribution in [0.25, 0.3) is 60.6 Å². The van der Waals surface area contributed by atoms with Crippen molar-refractivity contribution < 1.29 is 4.42 Å². The van der Waals surface area contributed by atoms with Crippen molar-refractivity contribution in [3.63, 3.8) is 0 Å². The first kappa shape index (κ1) is 25.4. The highest BCUT2D eigenvalue weighted by Crippen LogP contribution is 2.41. The van der Waals surface area contributed by atoms with Crippen LogP contribution in [0.3, 0.4) is 0 Å². The Morgan fingerprint density at radius 1 is 0.400 bits per heavy atom. The van der Waals surface area contributed by atoms with Gasteiger partial charge in [-0.05, 0) is 77.9 Å². The van der Waals surface area contributed by atoms with Crippen molar-refractivity contribution in [2.45, 2.75) is 0 Å². The molecule has 0 N–H and O–H groups in total. The Bertz CT molecular complexity index is 2450. The van der Waals surface area contributed by atoms with Crippen LogP contribution in [-0.2, 0) is 0 Å². The minimum atomic E-state index is 0.894. The highest BCUT2D eigenvalue weighted by atomic mass is 16.3. The lowest BCUT2D eigenvalue weighted by Crippen LogP contribution is -2.09. The van der Waals surface area contributed by atoms with Gasteiger partial charge in [0.2, 0.25) is 0 Å². The number of hydrogen-bond donors (Lipinski definition) is 0. The average molecular weight is 577 g/mol. The van der Waals surface area contributed by atoms with Crippen LogP contribution in [-0.4, -0.2) is 4.57 Å². The van der Waals surface area contributed by atoms with E-state index in [4.69, 9.17) is 4.42 Å². The predicted molar refractivity (Wildman–Crippen MR) is 188 cm³/mol. The summed E-state index contributed by atoms with van der Waals surface area (Å²) in [4.78, 5) is 2.31. The standard InChI is InChI=1S/C42H28N2O/c1-3-14-31(15-4-1)43(32-16-5-2-6-17-32)33-18-11-13-29(27-33)30-25-26-35-34-19-7-9-21-37(34)44(39(35)28-30)38-22-12-24-41-42(38)36-20-8-10-23-40(36)45-41/h1-28H. The van der Waals surface area contributed by atoms with E-state index >= 15 is 0 Å². The van der Waals surface area contributed by atoms with Crippen molar-refractivity contribution >= 4 is 60.8 Å². The van der Waals surface area contributed by atoms with Crippen molar-refractivity contribution in [3.05, 3.63) is 170 Å². The zero-order valence-corrected chi connectivity index (χ0v) is 24.5. The fraction of sp³-hybridized carbons (Fsp3) is 0. The second-order valence-corrected chi connectivity index (χ2v) is 11.4. The molecule has 0 fully saturated rings. The molecule has 0 aliphatic carbocycles. The van der Waals surface area contributed by atoms with Crippen LogP contribution in [0.15, 0.2) is 174 Å². The number of anilines is 3. The predicted octanol–water partition coefficient (Wildman–Crippen LogP) is 11.8. The molecule has 9 aromatic rings. The minimum absolute atomic E-state index is 0.894. The first-order valence-corrected chi connectivity index (χ1v) is 15.3. The molecule has 9 rings (SSSR count). The van der Waals surface area contributed by atoms with Crippen LogP contribution in [0.2, 0.25) is 0 Å². The molecule has 0 radical (unpaired) electrons. The molecule has 2 heterocycles. The number of aromatic nitrogens is 1. The Labute approximate surface area is 260 Å². The van der Waals surface area contributed by atoms with Crippen LogP contribution in [0.5, 0.6) is 0 Å². The molecule has 0 aliphatic heterocycles. The van der Waals surface area contributed by atoms with Crippen molar-refractivity contribution in [3.8, 4) is 16.8 Å². The average Bonchev–Trinajstić information content (AvgIpc) is 3.65. The number of fused-ring (bicyclic) bond motifs is 6. The van der Waals surface area contributed by atoms with E-state index in [0.29, 0.717) is 0 Å². The number of rotatable bonds is 5. The van der Waals surface area contributed by atoms with E-state index in [1.54, 1.807) is 0 Å². The summed E-state index contributed by atoms with van der Waals surface area (Å²) < 4.78 is 8.70. The molecular formula is C42H28N2O. The van der Waals surface area contributed by atoms with Crippen molar-refractivity contribution in [2.75, 3.05) is 4.90 Å². The molecule has 2 aromatic heterocycles. The molecule has 0 bridgehead atoms. The normalized spacial score (nSPS) is 11.6. The van der Waals surface area contributed by atoms with E-state index in [1.807, 2.05) is 12.1 Å². The summed E-state index contributed by atoms with van der Waals surface area (Å²) in [6, 6.07) is 60.2. The fourth-order valence-corrected chi connectivity index (χ4v) is 6.78. The zero-order chi connectivity index (χ0) is 29.7. The topological polar surface area (TPSA) is 21.3 Å². The Hall–Kier alpha value is -6.06. The third-order valence-electron chi connectivity index (χ3n) is 8.76. The first-order valence-electron chi connectivity index (χ1n) is 15.3. The molecule has 3 heteroatoms. The van der Waals surface area contributed by atoms with Gasteiger partial charge in [0.25, 0.3) is 0 Å². The van der Waals surface area contributed by atoms with Crippen LogP contribution in [0.4, 0.5) is 17.1 Å². The Balaban J connectivity index is 1.26. The van der Waals surface area contributed by atoms with Gasteiger partial charge in [-0.1, -0.05) is 103 Å². The van der Waals surface area contributed by atoms with E-state index in [-0.39, 0.29) is 0 Å². The van der Waals surface area contributed by atoms with E-state index < -0.39 is 0 Å². The summed E-state index contributed by atoms with van der Waals surface area (Å²) in [5.74, 6) is 0. The van der Waals surface area contributed by atoms with Gasteiger partial charge in [0.05, 0.1) is 22.1 Å². The Morgan fingerprint density at radius 3 is 1.80 bits per heavy atom. The summed E-state index contributed by atoms with van der Waals surface area (Å²) in [6.07, 6.45) is 0. The van der Waals surface area contributed by atoms with Gasteiger partial charge in [-0.25, -0.2) is 0 Å². The molecule has 45 heavy (non-hydrogen) atoms. The highest BCUT2D eigenvalue weighted by molar-refractivity contribution is 6.14. The van der Waals surface area contributed by atoms with E-state index in [2.05, 4.69) is 167 Å². The van der Waals surface area contributed by atoms with Crippen LogP contribution >= 0.6 is 0 Å².